The molecule has 2 rings (SSSR count). The van der Waals surface area contributed by atoms with Crippen molar-refractivity contribution in [3.63, 3.8) is 0 Å². The lowest BCUT2D eigenvalue weighted by molar-refractivity contribution is -0.384. The first-order valence-electron chi connectivity index (χ1n) is 6.80. The van der Waals surface area contributed by atoms with Crippen LogP contribution in [0.2, 0.25) is 0 Å². The Labute approximate surface area is 131 Å². The van der Waals surface area contributed by atoms with Gasteiger partial charge in [0.1, 0.15) is 5.75 Å². The highest BCUT2D eigenvalue weighted by Crippen LogP contribution is 2.35. The van der Waals surface area contributed by atoms with Gasteiger partial charge in [0.25, 0.3) is 11.6 Å². The first-order valence-corrected chi connectivity index (χ1v) is 7.92. The topological polar surface area (TPSA) is 72.7 Å². The normalized spacial score (nSPS) is 15.3. The van der Waals surface area contributed by atoms with E-state index in [2.05, 4.69) is 22.9 Å². The van der Waals surface area contributed by atoms with Gasteiger partial charge in [-0.15, -0.1) is 0 Å². The van der Waals surface area contributed by atoms with Crippen LogP contribution in [0.3, 0.4) is 0 Å². The molecule has 1 aliphatic heterocycles. The van der Waals surface area contributed by atoms with Gasteiger partial charge in [-0.3, -0.25) is 14.9 Å². The number of carbonyl (C=O) groups excluding carboxylic acids is 1. The zero-order valence-corrected chi connectivity index (χ0v) is 13.3. The van der Waals surface area contributed by atoms with Crippen LogP contribution in [-0.4, -0.2) is 29.3 Å². The number of alkyl halides is 1. The van der Waals surface area contributed by atoms with E-state index in [0.29, 0.717) is 23.9 Å². The van der Waals surface area contributed by atoms with Crippen molar-refractivity contribution in [3.05, 3.63) is 28.3 Å². The Hall–Kier alpha value is -1.63. The van der Waals surface area contributed by atoms with Crippen LogP contribution in [0.4, 0.5) is 11.4 Å². The highest BCUT2D eigenvalue weighted by atomic mass is 79.9. The van der Waals surface area contributed by atoms with E-state index in [1.807, 2.05) is 0 Å². The summed E-state index contributed by atoms with van der Waals surface area (Å²) in [5.41, 5.74) is 0.456. The quantitative estimate of drug-likeness (QED) is 0.445. The molecule has 0 bridgehead atoms. The molecule has 7 heteroatoms. The van der Waals surface area contributed by atoms with Crippen molar-refractivity contribution < 1.29 is 14.5 Å². The Morgan fingerprint density at radius 1 is 1.48 bits per heavy atom. The molecule has 0 saturated heterocycles. The van der Waals surface area contributed by atoms with Gasteiger partial charge in [-0.1, -0.05) is 22.9 Å². The molecule has 0 fully saturated rings. The maximum atomic E-state index is 12.0. The van der Waals surface area contributed by atoms with Gasteiger partial charge in [0.2, 0.25) is 0 Å². The molecular formula is C14H17BrN2O4. The molecule has 0 spiro atoms. The van der Waals surface area contributed by atoms with Crippen molar-refractivity contribution >= 4 is 33.2 Å². The number of halogens is 1. The molecule has 1 unspecified atom stereocenters. The lowest BCUT2D eigenvalue weighted by Gasteiger charge is -2.30. The van der Waals surface area contributed by atoms with E-state index in [0.717, 1.165) is 18.2 Å². The summed E-state index contributed by atoms with van der Waals surface area (Å²) in [6.45, 7) is 2.66. The van der Waals surface area contributed by atoms with Crippen LogP contribution in [0.15, 0.2) is 18.2 Å². The minimum absolute atomic E-state index is 0.0162. The Balaban J connectivity index is 2.20. The van der Waals surface area contributed by atoms with Crippen LogP contribution < -0.4 is 9.64 Å². The largest absolute Gasteiger partial charge is 0.482 e. The van der Waals surface area contributed by atoms with Gasteiger partial charge in [-0.05, 0) is 24.8 Å². The third kappa shape index (κ3) is 3.72. The number of anilines is 1. The summed E-state index contributed by atoms with van der Waals surface area (Å²) in [5.74, 6) is 0.838. The molecule has 0 aromatic heterocycles. The van der Waals surface area contributed by atoms with Gasteiger partial charge in [0, 0.05) is 24.0 Å². The fourth-order valence-electron chi connectivity index (χ4n) is 2.23. The van der Waals surface area contributed by atoms with Gasteiger partial charge in [-0.25, -0.2) is 0 Å². The Bertz CT molecular complexity index is 550. The molecule has 1 aliphatic rings. The summed E-state index contributed by atoms with van der Waals surface area (Å²) in [5, 5.41) is 11.8. The Morgan fingerprint density at radius 2 is 2.24 bits per heavy atom. The minimum Gasteiger partial charge on any atom is -0.482 e. The van der Waals surface area contributed by atoms with Crippen LogP contribution in [0.5, 0.6) is 5.75 Å². The SMILES string of the molecule is CC(CCBr)CCN1C(=O)COc2ccc([N+](=O)[O-])cc21. The predicted molar refractivity (Wildman–Crippen MR) is 83.1 cm³/mol. The van der Waals surface area contributed by atoms with Crippen molar-refractivity contribution in [2.24, 2.45) is 5.92 Å². The molecule has 6 nitrogen and oxygen atoms in total. The summed E-state index contributed by atoms with van der Waals surface area (Å²) in [6.07, 6.45) is 1.87. The number of hydrogen-bond donors (Lipinski definition) is 0. The Morgan fingerprint density at radius 3 is 2.90 bits per heavy atom. The smallest absolute Gasteiger partial charge is 0.271 e. The second-order valence-corrected chi connectivity index (χ2v) is 5.91. The monoisotopic (exact) mass is 356 g/mol. The maximum Gasteiger partial charge on any atom is 0.271 e. The summed E-state index contributed by atoms with van der Waals surface area (Å²) >= 11 is 3.40. The molecule has 114 valence electrons. The number of hydrogen-bond acceptors (Lipinski definition) is 4. The highest BCUT2D eigenvalue weighted by molar-refractivity contribution is 9.09. The lowest BCUT2D eigenvalue weighted by Crippen LogP contribution is -2.39. The predicted octanol–water partition coefficient (Wildman–Crippen LogP) is 3.13. The lowest BCUT2D eigenvalue weighted by atomic mass is 10.0. The molecular weight excluding hydrogens is 340 g/mol. The summed E-state index contributed by atoms with van der Waals surface area (Å²) in [4.78, 5) is 24.0. The second-order valence-electron chi connectivity index (χ2n) is 5.11. The summed E-state index contributed by atoms with van der Waals surface area (Å²) in [7, 11) is 0. The Kier molecular flexibility index (Phi) is 5.17. The fraction of sp³-hybridized carbons (Fsp3) is 0.500. The number of nitro groups is 1. The van der Waals surface area contributed by atoms with E-state index in [1.165, 1.54) is 12.1 Å². The standard InChI is InChI=1S/C14H17BrN2O4/c1-10(4-6-15)5-7-16-12-8-11(17(19)20)2-3-13(12)21-9-14(16)18/h2-3,8,10H,4-7,9H2,1H3. The highest BCUT2D eigenvalue weighted by Gasteiger charge is 2.27. The molecule has 1 atom stereocenters. The van der Waals surface area contributed by atoms with Crippen LogP contribution in [0, 0.1) is 16.0 Å². The van der Waals surface area contributed by atoms with Crippen molar-refractivity contribution in [2.45, 2.75) is 19.8 Å². The van der Waals surface area contributed by atoms with Gasteiger partial charge < -0.3 is 9.64 Å². The number of rotatable bonds is 6. The molecule has 1 amide bonds. The number of benzene rings is 1. The third-order valence-electron chi connectivity index (χ3n) is 3.54. The van der Waals surface area contributed by atoms with E-state index in [1.54, 1.807) is 11.0 Å². The van der Waals surface area contributed by atoms with Crippen LogP contribution in [0.1, 0.15) is 19.8 Å². The number of carbonyl (C=O) groups is 1. The first-order chi connectivity index (χ1) is 10.0. The van der Waals surface area contributed by atoms with E-state index >= 15 is 0 Å². The zero-order chi connectivity index (χ0) is 15.4. The number of nitrogens with zero attached hydrogens (tertiary/aromatic N) is 2. The summed E-state index contributed by atoms with van der Waals surface area (Å²) in [6, 6.07) is 4.34. The van der Waals surface area contributed by atoms with Crippen LogP contribution in [0.25, 0.3) is 0 Å². The molecule has 0 radical (unpaired) electrons. The molecule has 21 heavy (non-hydrogen) atoms. The molecule has 1 heterocycles. The number of non-ortho nitro benzene ring substituents is 1. The molecule has 1 aromatic rings. The first kappa shape index (κ1) is 15.8. The van der Waals surface area contributed by atoms with E-state index < -0.39 is 4.92 Å². The van der Waals surface area contributed by atoms with Crippen molar-refractivity contribution in [2.75, 3.05) is 23.4 Å². The number of ether oxygens (including phenoxy) is 1. The van der Waals surface area contributed by atoms with E-state index in [9.17, 15) is 14.9 Å². The minimum atomic E-state index is -0.467. The average molecular weight is 357 g/mol. The van der Waals surface area contributed by atoms with Crippen molar-refractivity contribution in [1.29, 1.82) is 0 Å². The molecule has 0 aliphatic carbocycles. The zero-order valence-electron chi connectivity index (χ0n) is 11.8. The number of nitro benzene ring substituents is 1. The average Bonchev–Trinajstić information content (AvgIpc) is 2.45. The molecule has 0 N–H and O–H groups in total. The van der Waals surface area contributed by atoms with Gasteiger partial charge in [0.05, 0.1) is 10.6 Å². The van der Waals surface area contributed by atoms with Gasteiger partial charge >= 0.3 is 0 Å². The van der Waals surface area contributed by atoms with Gasteiger partial charge in [-0.2, -0.15) is 0 Å². The van der Waals surface area contributed by atoms with Crippen molar-refractivity contribution in [1.82, 2.24) is 0 Å². The summed E-state index contributed by atoms with van der Waals surface area (Å²) < 4.78 is 5.33. The molecule has 1 aromatic carbocycles. The number of fused-ring (bicyclic) bond motifs is 1. The van der Waals surface area contributed by atoms with E-state index in [4.69, 9.17) is 4.74 Å². The van der Waals surface area contributed by atoms with E-state index in [-0.39, 0.29) is 18.2 Å². The fourth-order valence-corrected chi connectivity index (χ4v) is 3.01. The van der Waals surface area contributed by atoms with Crippen LogP contribution in [-0.2, 0) is 4.79 Å². The van der Waals surface area contributed by atoms with Crippen molar-refractivity contribution in [3.8, 4) is 5.75 Å². The molecule has 0 saturated carbocycles. The van der Waals surface area contributed by atoms with Gasteiger partial charge in [0.15, 0.2) is 6.61 Å². The third-order valence-corrected chi connectivity index (χ3v) is 4.00. The number of amides is 1. The maximum absolute atomic E-state index is 12.0. The van der Waals surface area contributed by atoms with Crippen LogP contribution >= 0.6 is 15.9 Å². The second kappa shape index (κ2) is 6.89.